The Bertz CT molecular complexity index is 2060. The van der Waals surface area contributed by atoms with Crippen LogP contribution in [-0.2, 0) is 39.4 Å². The molecule has 1 aliphatic carbocycles. The van der Waals surface area contributed by atoms with Crippen LogP contribution in [0.15, 0.2) is 100 Å². The molecule has 0 fully saturated rings. The number of carboxylic acids is 1. The Kier molecular flexibility index (Phi) is 7.85. The zero-order chi connectivity index (χ0) is 33.0. The first-order valence-electron chi connectivity index (χ1n) is 14.8. The average molecular weight is 648 g/mol. The first-order valence-corrected chi connectivity index (χ1v) is 16.2. The minimum atomic E-state index is -4.70. The quantitative estimate of drug-likeness (QED) is 0.182. The summed E-state index contributed by atoms with van der Waals surface area (Å²) in [5.74, 6) is -2.07. The molecule has 1 atom stereocenters. The minimum Gasteiger partial charge on any atom is -0.481 e. The zero-order valence-corrected chi connectivity index (χ0v) is 26.2. The third-order valence-electron chi connectivity index (χ3n) is 8.85. The molecule has 238 valence electrons. The number of benzene rings is 4. The van der Waals surface area contributed by atoms with Gasteiger partial charge in [-0.3, -0.25) is 4.79 Å². The smallest absolute Gasteiger partial charge is 0.449 e. The molecule has 1 aromatic heterocycles. The predicted molar refractivity (Wildman–Crippen MR) is 169 cm³/mol. The Morgan fingerprint density at radius 3 is 2.35 bits per heavy atom. The van der Waals surface area contributed by atoms with Crippen molar-refractivity contribution in [2.24, 2.45) is 0 Å². The first-order chi connectivity index (χ1) is 21.7. The number of aryl methyl sites for hydroxylation is 2. The molecule has 1 N–H and O–H groups in total. The summed E-state index contributed by atoms with van der Waals surface area (Å²) in [4.78, 5) is 11.9. The van der Waals surface area contributed by atoms with Crippen LogP contribution in [-0.4, -0.2) is 23.8 Å². The molecule has 5 aromatic rings. The van der Waals surface area contributed by atoms with Gasteiger partial charge in [-0.15, -0.1) is 0 Å². The highest BCUT2D eigenvalue weighted by Gasteiger charge is 2.44. The number of fused-ring (bicyclic) bond motifs is 2. The highest BCUT2D eigenvalue weighted by Crippen LogP contribution is 2.45. The number of carbonyl (C=O) groups is 1. The number of hydrogen-bond acceptors (Lipinski definition) is 4. The topological polar surface area (TPSA) is 87.8 Å². The molecular weight excluding hydrogens is 615 g/mol. The Hall–Kier alpha value is -4.41. The van der Waals surface area contributed by atoms with E-state index < -0.39 is 39.4 Å². The molecule has 1 unspecified atom stereocenters. The van der Waals surface area contributed by atoms with Gasteiger partial charge in [-0.25, -0.2) is 8.42 Å². The molecule has 6 nitrogen and oxygen atoms in total. The van der Waals surface area contributed by atoms with Gasteiger partial charge in [0.2, 0.25) is 15.8 Å². The fourth-order valence-corrected chi connectivity index (χ4v) is 8.15. The molecule has 0 amide bonds. The second-order valence-corrected chi connectivity index (χ2v) is 14.1. The highest BCUT2D eigenvalue weighted by atomic mass is 32.2. The molecule has 0 radical (unpaired) electrons. The third kappa shape index (κ3) is 5.60. The Balaban J connectivity index is 1.41. The summed E-state index contributed by atoms with van der Waals surface area (Å²) in [6.07, 6.45) is -4.17. The van der Waals surface area contributed by atoms with Crippen LogP contribution >= 0.6 is 0 Å². The number of rotatable bonds is 8. The van der Waals surface area contributed by atoms with Crippen LogP contribution in [0, 0.1) is 6.92 Å². The fraction of sp³-hybridized carbons (Fsp3) is 0.250. The summed E-state index contributed by atoms with van der Waals surface area (Å²) in [7, 11) is -4.26. The van der Waals surface area contributed by atoms with Gasteiger partial charge in [-0.1, -0.05) is 84.9 Å². The number of hydrogen-bond donors (Lipinski definition) is 1. The molecule has 0 saturated carbocycles. The lowest BCUT2D eigenvalue weighted by Gasteiger charge is -2.29. The number of aliphatic carboxylic acids is 1. The summed E-state index contributed by atoms with van der Waals surface area (Å²) in [6.45, 7) is 4.87. The Morgan fingerprint density at radius 1 is 0.935 bits per heavy atom. The molecule has 0 spiro atoms. The summed E-state index contributed by atoms with van der Waals surface area (Å²) >= 11 is 0. The fourth-order valence-electron chi connectivity index (χ4n) is 6.13. The van der Waals surface area contributed by atoms with E-state index in [4.69, 9.17) is 4.42 Å². The average Bonchev–Trinajstić information content (AvgIpc) is 3.62. The number of halogens is 3. The maximum atomic E-state index is 14.7. The van der Waals surface area contributed by atoms with E-state index in [0.717, 1.165) is 22.6 Å². The molecule has 6 rings (SSSR count). The van der Waals surface area contributed by atoms with Crippen molar-refractivity contribution in [1.29, 1.82) is 0 Å². The molecule has 1 heterocycles. The van der Waals surface area contributed by atoms with Gasteiger partial charge in [-0.05, 0) is 78.4 Å². The van der Waals surface area contributed by atoms with Gasteiger partial charge in [0, 0.05) is 11.9 Å². The van der Waals surface area contributed by atoms with E-state index in [9.17, 15) is 31.5 Å². The van der Waals surface area contributed by atoms with E-state index in [2.05, 4.69) is 0 Å². The van der Waals surface area contributed by atoms with Gasteiger partial charge in [0.25, 0.3) is 0 Å². The Labute approximate surface area is 265 Å². The molecule has 0 aliphatic heterocycles. The van der Waals surface area contributed by atoms with Gasteiger partial charge in [0.1, 0.15) is 5.76 Å². The molecule has 10 heteroatoms. The zero-order valence-electron chi connectivity index (χ0n) is 25.4. The van der Waals surface area contributed by atoms with Crippen LogP contribution in [0.1, 0.15) is 60.1 Å². The van der Waals surface area contributed by atoms with E-state index in [1.54, 1.807) is 63.2 Å². The van der Waals surface area contributed by atoms with E-state index in [1.165, 1.54) is 4.31 Å². The van der Waals surface area contributed by atoms with E-state index in [1.807, 2.05) is 42.5 Å². The first kappa shape index (κ1) is 31.6. The maximum absolute atomic E-state index is 14.7. The summed E-state index contributed by atoms with van der Waals surface area (Å²) in [5, 5.41) is 10.9. The normalized spacial score (nSPS) is 15.4. The molecule has 4 aromatic carbocycles. The van der Waals surface area contributed by atoms with Crippen molar-refractivity contribution in [3.8, 4) is 11.1 Å². The van der Waals surface area contributed by atoms with Crippen LogP contribution in [0.2, 0.25) is 0 Å². The lowest BCUT2D eigenvalue weighted by molar-refractivity contribution is -0.153. The van der Waals surface area contributed by atoms with Crippen LogP contribution in [0.4, 0.5) is 13.2 Å². The van der Waals surface area contributed by atoms with Crippen molar-refractivity contribution in [3.05, 3.63) is 125 Å². The lowest BCUT2D eigenvalue weighted by Crippen LogP contribution is -2.34. The SMILES string of the molecule is Cc1ccc2ccccc2c1S(=O)(=O)N(Cc1ccc(-c2cccc(C(C)(C)C(=O)O)c2)cc1)C1CCc2cc(C(F)(F)F)oc21. The highest BCUT2D eigenvalue weighted by molar-refractivity contribution is 7.89. The van der Waals surface area contributed by atoms with E-state index in [-0.39, 0.29) is 30.0 Å². The number of nitrogens with zero attached hydrogens (tertiary/aromatic N) is 1. The van der Waals surface area contributed by atoms with Crippen molar-refractivity contribution in [1.82, 2.24) is 4.31 Å². The van der Waals surface area contributed by atoms with Crippen molar-refractivity contribution in [3.63, 3.8) is 0 Å². The summed E-state index contributed by atoms with van der Waals surface area (Å²) in [6, 6.07) is 25.2. The van der Waals surface area contributed by atoms with Crippen molar-refractivity contribution in [2.45, 2.75) is 62.7 Å². The Morgan fingerprint density at radius 2 is 1.65 bits per heavy atom. The van der Waals surface area contributed by atoms with Gasteiger partial charge >= 0.3 is 12.1 Å². The molecule has 1 aliphatic rings. The van der Waals surface area contributed by atoms with Crippen molar-refractivity contribution in [2.75, 3.05) is 0 Å². The van der Waals surface area contributed by atoms with Crippen molar-refractivity contribution >= 4 is 26.8 Å². The third-order valence-corrected chi connectivity index (χ3v) is 10.9. The molecular formula is C36H32F3NO5S. The van der Waals surface area contributed by atoms with Gasteiger partial charge in [0.15, 0.2) is 0 Å². The molecule has 0 saturated heterocycles. The monoisotopic (exact) mass is 647 g/mol. The van der Waals surface area contributed by atoms with E-state index >= 15 is 0 Å². The van der Waals surface area contributed by atoms with Gasteiger partial charge in [0.05, 0.1) is 16.4 Å². The van der Waals surface area contributed by atoms with Crippen LogP contribution in [0.5, 0.6) is 0 Å². The standard InChI is InChI=1S/C36H32F3NO5S/c1-22-11-14-25-7-4-5-10-29(25)33(22)46(43,44)40(30-18-17-27-20-31(36(37,38)39)45-32(27)30)21-23-12-15-24(16-13-23)26-8-6-9-28(19-26)35(2,3)34(41)42/h4-16,19-20,30H,17-18,21H2,1-3H3,(H,41,42). The van der Waals surface area contributed by atoms with Gasteiger partial charge < -0.3 is 9.52 Å². The maximum Gasteiger partial charge on any atom is 0.449 e. The summed E-state index contributed by atoms with van der Waals surface area (Å²) < 4.78 is 76.7. The van der Waals surface area contributed by atoms with Gasteiger partial charge in [-0.2, -0.15) is 17.5 Å². The number of sulfonamides is 1. The predicted octanol–water partition coefficient (Wildman–Crippen LogP) is 8.67. The van der Waals surface area contributed by atoms with E-state index in [0.29, 0.717) is 27.6 Å². The van der Waals surface area contributed by atoms with Crippen LogP contribution < -0.4 is 0 Å². The number of alkyl halides is 3. The number of carboxylic acid groups (broad SMARTS) is 1. The second kappa shape index (κ2) is 11.4. The van der Waals surface area contributed by atoms with Crippen LogP contribution in [0.3, 0.4) is 0 Å². The summed E-state index contributed by atoms with van der Waals surface area (Å²) in [5.41, 5.74) is 2.65. The largest absolute Gasteiger partial charge is 0.481 e. The van der Waals surface area contributed by atoms with Crippen LogP contribution in [0.25, 0.3) is 21.9 Å². The lowest BCUT2D eigenvalue weighted by atomic mass is 9.83. The molecule has 0 bridgehead atoms. The second-order valence-electron chi connectivity index (χ2n) is 12.2. The number of furan rings is 1. The minimum absolute atomic E-state index is 0.0169. The van der Waals surface area contributed by atoms with Crippen molar-refractivity contribution < 1.29 is 35.9 Å². The molecule has 46 heavy (non-hydrogen) atoms.